The third kappa shape index (κ3) is 6.07. The Balaban J connectivity index is 1.92. The van der Waals surface area contributed by atoms with Gasteiger partial charge in [0.1, 0.15) is 5.60 Å². The van der Waals surface area contributed by atoms with E-state index >= 15 is 0 Å². The van der Waals surface area contributed by atoms with Gasteiger partial charge in [-0.05, 0) is 38.0 Å². The number of aromatic nitrogens is 2. The zero-order chi connectivity index (χ0) is 18.3. The number of aryl methyl sites for hydroxylation is 1. The molecule has 1 atom stereocenters. The summed E-state index contributed by atoms with van der Waals surface area (Å²) in [6.45, 7) is 5.49. The minimum atomic E-state index is -1.06. The van der Waals surface area contributed by atoms with Crippen molar-refractivity contribution in [3.8, 4) is 0 Å². The van der Waals surface area contributed by atoms with Crippen molar-refractivity contribution in [3.05, 3.63) is 52.8 Å². The lowest BCUT2D eigenvalue weighted by atomic mass is 10.0. The molecular weight excluding hydrogens is 338 g/mol. The van der Waals surface area contributed by atoms with Gasteiger partial charge in [-0.2, -0.15) is 5.10 Å². The minimum Gasteiger partial charge on any atom is -0.383 e. The first-order chi connectivity index (χ1) is 11.9. The standard InChI is InChI=1S/C18H26ClN5O/c1-4-20-17(21-10-9-14-5-7-16(19)8-6-14)22-13-18(2,25)15-11-23-24(3)12-15/h5-8,11-12,25H,4,9-10,13H2,1-3H3,(H2,20,21,22). The van der Waals surface area contributed by atoms with Gasteiger partial charge < -0.3 is 15.7 Å². The molecular formula is C18H26ClN5O. The molecule has 0 aliphatic rings. The van der Waals surface area contributed by atoms with Crippen molar-refractivity contribution in [1.82, 2.24) is 20.4 Å². The van der Waals surface area contributed by atoms with Crippen LogP contribution in [0.3, 0.4) is 0 Å². The van der Waals surface area contributed by atoms with E-state index in [-0.39, 0.29) is 6.54 Å². The van der Waals surface area contributed by atoms with Crippen LogP contribution in [0.25, 0.3) is 0 Å². The number of guanidine groups is 1. The first-order valence-electron chi connectivity index (χ1n) is 8.39. The van der Waals surface area contributed by atoms with E-state index in [4.69, 9.17) is 11.6 Å². The predicted molar refractivity (Wildman–Crippen MR) is 102 cm³/mol. The van der Waals surface area contributed by atoms with Crippen LogP contribution in [-0.2, 0) is 19.1 Å². The number of halogens is 1. The second-order valence-corrected chi connectivity index (χ2v) is 6.61. The smallest absolute Gasteiger partial charge is 0.191 e. The number of rotatable bonds is 7. The van der Waals surface area contributed by atoms with E-state index in [0.29, 0.717) is 5.96 Å². The van der Waals surface area contributed by atoms with Gasteiger partial charge in [-0.15, -0.1) is 0 Å². The Morgan fingerprint density at radius 1 is 1.32 bits per heavy atom. The van der Waals surface area contributed by atoms with E-state index in [9.17, 15) is 5.11 Å². The average molecular weight is 364 g/mol. The van der Waals surface area contributed by atoms with Crippen LogP contribution in [-0.4, -0.2) is 40.5 Å². The molecule has 1 unspecified atom stereocenters. The minimum absolute atomic E-state index is 0.245. The van der Waals surface area contributed by atoms with Crippen molar-refractivity contribution in [2.24, 2.45) is 12.0 Å². The third-order valence-electron chi connectivity index (χ3n) is 3.84. The third-order valence-corrected chi connectivity index (χ3v) is 4.09. The van der Waals surface area contributed by atoms with Gasteiger partial charge >= 0.3 is 0 Å². The van der Waals surface area contributed by atoms with Crippen molar-refractivity contribution >= 4 is 17.6 Å². The molecule has 25 heavy (non-hydrogen) atoms. The molecule has 0 aliphatic carbocycles. The summed E-state index contributed by atoms with van der Waals surface area (Å²) >= 11 is 5.90. The summed E-state index contributed by atoms with van der Waals surface area (Å²) in [5.74, 6) is 0.681. The molecule has 7 heteroatoms. The molecule has 0 saturated carbocycles. The molecule has 3 N–H and O–H groups in total. The summed E-state index contributed by atoms with van der Waals surface area (Å²) in [5, 5.41) is 21.9. The fourth-order valence-electron chi connectivity index (χ4n) is 2.34. The maximum atomic E-state index is 10.6. The SMILES string of the molecule is CCNC(=NCC(C)(O)c1cnn(C)c1)NCCc1ccc(Cl)cc1. The largest absolute Gasteiger partial charge is 0.383 e. The summed E-state index contributed by atoms with van der Waals surface area (Å²) < 4.78 is 1.67. The quantitative estimate of drug-likeness (QED) is 0.520. The van der Waals surface area contributed by atoms with Gasteiger partial charge in [0.2, 0.25) is 0 Å². The Labute approximate surface area is 153 Å². The van der Waals surface area contributed by atoms with Gasteiger partial charge in [0.25, 0.3) is 0 Å². The Morgan fingerprint density at radius 3 is 2.64 bits per heavy atom. The van der Waals surface area contributed by atoms with Crippen molar-refractivity contribution in [2.45, 2.75) is 25.9 Å². The summed E-state index contributed by atoms with van der Waals surface area (Å²) in [4.78, 5) is 4.50. The van der Waals surface area contributed by atoms with Crippen LogP contribution in [0.1, 0.15) is 25.0 Å². The van der Waals surface area contributed by atoms with E-state index in [1.54, 1.807) is 24.0 Å². The van der Waals surface area contributed by atoms with Gasteiger partial charge in [0, 0.05) is 36.9 Å². The molecule has 136 valence electrons. The second-order valence-electron chi connectivity index (χ2n) is 6.17. The zero-order valence-corrected chi connectivity index (χ0v) is 15.7. The van der Waals surface area contributed by atoms with E-state index in [2.05, 4.69) is 20.7 Å². The van der Waals surface area contributed by atoms with Crippen LogP contribution in [0.4, 0.5) is 0 Å². The van der Waals surface area contributed by atoms with Crippen LogP contribution in [0.2, 0.25) is 5.02 Å². The normalized spacial score (nSPS) is 14.2. The molecule has 0 aliphatic heterocycles. The number of hydrogen-bond acceptors (Lipinski definition) is 3. The molecule has 0 saturated heterocycles. The van der Waals surface area contributed by atoms with Gasteiger partial charge in [-0.1, -0.05) is 23.7 Å². The van der Waals surface area contributed by atoms with Crippen molar-refractivity contribution in [1.29, 1.82) is 0 Å². The monoisotopic (exact) mass is 363 g/mol. The zero-order valence-electron chi connectivity index (χ0n) is 15.0. The number of aliphatic imine (C=N–C) groups is 1. The van der Waals surface area contributed by atoms with Crippen molar-refractivity contribution in [2.75, 3.05) is 19.6 Å². The number of benzene rings is 1. The molecule has 0 amide bonds. The molecule has 1 heterocycles. The van der Waals surface area contributed by atoms with Gasteiger partial charge in [0.15, 0.2) is 5.96 Å². The van der Waals surface area contributed by atoms with E-state index in [1.165, 1.54) is 5.56 Å². The molecule has 2 aromatic rings. The van der Waals surface area contributed by atoms with Crippen LogP contribution in [0.15, 0.2) is 41.7 Å². The molecule has 0 fully saturated rings. The molecule has 2 rings (SSSR count). The first-order valence-corrected chi connectivity index (χ1v) is 8.76. The lowest BCUT2D eigenvalue weighted by Gasteiger charge is -2.20. The highest BCUT2D eigenvalue weighted by atomic mass is 35.5. The Morgan fingerprint density at radius 2 is 2.04 bits per heavy atom. The molecule has 1 aromatic carbocycles. The molecule has 1 aromatic heterocycles. The number of nitrogens with one attached hydrogen (secondary N) is 2. The summed E-state index contributed by atoms with van der Waals surface area (Å²) in [6.07, 6.45) is 4.33. The maximum Gasteiger partial charge on any atom is 0.191 e. The predicted octanol–water partition coefficient (Wildman–Crippen LogP) is 2.08. The highest BCUT2D eigenvalue weighted by Gasteiger charge is 2.24. The van der Waals surface area contributed by atoms with E-state index in [0.717, 1.165) is 30.1 Å². The van der Waals surface area contributed by atoms with Gasteiger partial charge in [-0.25, -0.2) is 4.99 Å². The Hall–Kier alpha value is -2.05. The van der Waals surface area contributed by atoms with E-state index in [1.807, 2.05) is 38.2 Å². The molecule has 0 radical (unpaired) electrons. The number of aliphatic hydroxyl groups is 1. The van der Waals surface area contributed by atoms with Gasteiger partial charge in [0.05, 0.1) is 12.7 Å². The first kappa shape index (κ1) is 19.3. The second kappa shape index (κ2) is 8.87. The van der Waals surface area contributed by atoms with Crippen LogP contribution >= 0.6 is 11.6 Å². The Kier molecular flexibility index (Phi) is 6.84. The fourth-order valence-corrected chi connectivity index (χ4v) is 2.47. The van der Waals surface area contributed by atoms with Crippen LogP contribution in [0.5, 0.6) is 0 Å². The van der Waals surface area contributed by atoms with Gasteiger partial charge in [-0.3, -0.25) is 4.68 Å². The maximum absolute atomic E-state index is 10.6. The number of hydrogen-bond donors (Lipinski definition) is 3. The van der Waals surface area contributed by atoms with Crippen molar-refractivity contribution < 1.29 is 5.11 Å². The fraction of sp³-hybridized carbons (Fsp3) is 0.444. The van der Waals surface area contributed by atoms with Crippen LogP contribution < -0.4 is 10.6 Å². The van der Waals surface area contributed by atoms with E-state index < -0.39 is 5.60 Å². The highest BCUT2D eigenvalue weighted by molar-refractivity contribution is 6.30. The highest BCUT2D eigenvalue weighted by Crippen LogP contribution is 2.19. The molecule has 6 nitrogen and oxygen atoms in total. The molecule has 0 spiro atoms. The summed E-state index contributed by atoms with van der Waals surface area (Å²) in [6, 6.07) is 7.81. The lowest BCUT2D eigenvalue weighted by molar-refractivity contribution is 0.0672. The summed E-state index contributed by atoms with van der Waals surface area (Å²) in [7, 11) is 1.82. The topological polar surface area (TPSA) is 74.5 Å². The van der Waals surface area contributed by atoms with Crippen LogP contribution in [0, 0.1) is 0 Å². The lowest BCUT2D eigenvalue weighted by Crippen LogP contribution is -2.39. The molecule has 0 bridgehead atoms. The average Bonchev–Trinajstić information content (AvgIpc) is 3.02. The summed E-state index contributed by atoms with van der Waals surface area (Å²) in [5.41, 5.74) is 0.887. The number of nitrogens with zero attached hydrogens (tertiary/aromatic N) is 3. The van der Waals surface area contributed by atoms with Crippen molar-refractivity contribution in [3.63, 3.8) is 0 Å². The Bertz CT molecular complexity index is 694.